The summed E-state index contributed by atoms with van der Waals surface area (Å²) in [5, 5.41) is 11.7. The van der Waals surface area contributed by atoms with E-state index in [1.807, 2.05) is 30.3 Å². The summed E-state index contributed by atoms with van der Waals surface area (Å²) < 4.78 is 5.63. The van der Waals surface area contributed by atoms with E-state index in [0.717, 1.165) is 5.75 Å². The average Bonchev–Trinajstić information content (AvgIpc) is 2.68. The van der Waals surface area contributed by atoms with Crippen LogP contribution in [0.25, 0.3) is 0 Å². The minimum absolute atomic E-state index is 0.0477. The first-order valence-corrected chi connectivity index (χ1v) is 4.93. The maximum atomic E-state index is 10.7. The quantitative estimate of drug-likeness (QED) is 0.772. The zero-order valence-corrected chi connectivity index (χ0v) is 8.22. The summed E-state index contributed by atoms with van der Waals surface area (Å²) in [6.07, 6.45) is 0.470. The Morgan fingerprint density at radius 2 is 2.13 bits per heavy atom. The van der Waals surface area contributed by atoms with Crippen molar-refractivity contribution in [3.05, 3.63) is 30.3 Å². The third kappa shape index (κ3) is 2.47. The summed E-state index contributed by atoms with van der Waals surface area (Å²) in [7, 11) is 0. The number of nitrogens with one attached hydrogen (secondary N) is 1. The Hall–Kier alpha value is -1.55. The highest BCUT2D eigenvalue weighted by molar-refractivity contribution is 5.73. The van der Waals surface area contributed by atoms with Crippen LogP contribution in [0.1, 0.15) is 6.42 Å². The first-order chi connectivity index (χ1) is 7.25. The lowest BCUT2D eigenvalue weighted by molar-refractivity contribution is -0.139. The van der Waals surface area contributed by atoms with Gasteiger partial charge in [-0.1, -0.05) is 18.2 Å². The zero-order valence-electron chi connectivity index (χ0n) is 8.22. The Morgan fingerprint density at radius 3 is 2.73 bits per heavy atom. The van der Waals surface area contributed by atoms with Gasteiger partial charge in [-0.05, 0) is 12.1 Å². The van der Waals surface area contributed by atoms with Crippen LogP contribution in [-0.4, -0.2) is 29.8 Å². The van der Waals surface area contributed by atoms with Crippen LogP contribution in [0, 0.1) is 0 Å². The fraction of sp³-hybridized carbons (Fsp3) is 0.364. The molecule has 1 aromatic rings. The number of ether oxygens (including phenoxy) is 1. The lowest BCUT2D eigenvalue weighted by Gasteiger charge is -2.11. The van der Waals surface area contributed by atoms with Crippen LogP contribution in [0.15, 0.2) is 30.3 Å². The van der Waals surface area contributed by atoms with Gasteiger partial charge in [-0.2, -0.15) is 0 Å². The maximum Gasteiger partial charge on any atom is 0.320 e. The Labute approximate surface area is 87.9 Å². The van der Waals surface area contributed by atoms with Crippen molar-refractivity contribution in [1.82, 2.24) is 5.32 Å². The van der Waals surface area contributed by atoms with Crippen molar-refractivity contribution in [3.63, 3.8) is 0 Å². The smallest absolute Gasteiger partial charge is 0.320 e. The van der Waals surface area contributed by atoms with Gasteiger partial charge in [0.05, 0.1) is 0 Å². The molecule has 0 saturated carbocycles. The number of para-hydroxylation sites is 1. The predicted octanol–water partition coefficient (Wildman–Crippen LogP) is 0.881. The molecule has 0 unspecified atom stereocenters. The van der Waals surface area contributed by atoms with E-state index in [4.69, 9.17) is 9.84 Å². The SMILES string of the molecule is O=C(O)[C@@H]1C[C@H](Oc2ccccc2)CN1. The third-order valence-electron chi connectivity index (χ3n) is 2.43. The van der Waals surface area contributed by atoms with Gasteiger partial charge in [-0.3, -0.25) is 4.79 Å². The minimum atomic E-state index is -0.811. The second kappa shape index (κ2) is 4.31. The number of hydrogen-bond acceptors (Lipinski definition) is 3. The van der Waals surface area contributed by atoms with E-state index in [0.29, 0.717) is 13.0 Å². The van der Waals surface area contributed by atoms with Crippen molar-refractivity contribution in [1.29, 1.82) is 0 Å². The molecule has 0 aromatic heterocycles. The van der Waals surface area contributed by atoms with Gasteiger partial charge < -0.3 is 15.2 Å². The number of carboxylic acid groups (broad SMARTS) is 1. The number of carbonyl (C=O) groups is 1. The standard InChI is InChI=1S/C11H13NO3/c13-11(14)10-6-9(7-12-10)15-8-4-2-1-3-5-8/h1-5,9-10,12H,6-7H2,(H,13,14)/t9-,10-/m0/s1. The van der Waals surface area contributed by atoms with Gasteiger partial charge in [0, 0.05) is 13.0 Å². The fourth-order valence-electron chi connectivity index (χ4n) is 1.67. The zero-order chi connectivity index (χ0) is 10.7. The molecule has 0 amide bonds. The molecule has 15 heavy (non-hydrogen) atoms. The molecule has 1 aromatic carbocycles. The van der Waals surface area contributed by atoms with Gasteiger partial charge >= 0.3 is 5.97 Å². The van der Waals surface area contributed by atoms with Gasteiger partial charge in [0.15, 0.2) is 0 Å². The molecule has 1 heterocycles. The molecule has 2 rings (SSSR count). The van der Waals surface area contributed by atoms with Gasteiger partial charge in [0.1, 0.15) is 17.9 Å². The molecule has 0 bridgehead atoms. The number of hydrogen-bond donors (Lipinski definition) is 2. The van der Waals surface area contributed by atoms with Crippen LogP contribution in [-0.2, 0) is 4.79 Å². The molecule has 0 aliphatic carbocycles. The van der Waals surface area contributed by atoms with Crippen LogP contribution >= 0.6 is 0 Å². The molecule has 2 N–H and O–H groups in total. The summed E-state index contributed by atoms with van der Waals surface area (Å²) in [5.41, 5.74) is 0. The summed E-state index contributed by atoms with van der Waals surface area (Å²) in [6.45, 7) is 0.589. The summed E-state index contributed by atoms with van der Waals surface area (Å²) in [6, 6.07) is 8.97. The number of aliphatic carboxylic acids is 1. The number of carboxylic acids is 1. The normalized spacial score (nSPS) is 25.1. The molecular weight excluding hydrogens is 194 g/mol. The molecule has 4 heteroatoms. The van der Waals surface area contributed by atoms with Gasteiger partial charge in [0.25, 0.3) is 0 Å². The summed E-state index contributed by atoms with van der Waals surface area (Å²) in [5.74, 6) is -0.0236. The molecule has 80 valence electrons. The van der Waals surface area contributed by atoms with Crippen molar-refractivity contribution in [2.75, 3.05) is 6.54 Å². The first-order valence-electron chi connectivity index (χ1n) is 4.93. The second-order valence-corrected chi connectivity index (χ2v) is 3.59. The van der Waals surface area contributed by atoms with Gasteiger partial charge in [-0.25, -0.2) is 0 Å². The van der Waals surface area contributed by atoms with Crippen molar-refractivity contribution < 1.29 is 14.6 Å². The van der Waals surface area contributed by atoms with Crippen molar-refractivity contribution in [2.45, 2.75) is 18.6 Å². The highest BCUT2D eigenvalue weighted by atomic mass is 16.5. The van der Waals surface area contributed by atoms with Gasteiger partial charge in [-0.15, -0.1) is 0 Å². The molecule has 0 spiro atoms. The molecule has 1 aliphatic rings. The largest absolute Gasteiger partial charge is 0.489 e. The number of benzene rings is 1. The highest BCUT2D eigenvalue weighted by Crippen LogP contribution is 2.16. The van der Waals surface area contributed by atoms with E-state index in [1.54, 1.807) is 0 Å². The van der Waals surface area contributed by atoms with Crippen LogP contribution in [0.5, 0.6) is 5.75 Å². The molecule has 1 fully saturated rings. The Kier molecular flexibility index (Phi) is 2.87. The highest BCUT2D eigenvalue weighted by Gasteiger charge is 2.30. The average molecular weight is 207 g/mol. The Bertz CT molecular complexity index is 339. The summed E-state index contributed by atoms with van der Waals surface area (Å²) in [4.78, 5) is 10.7. The summed E-state index contributed by atoms with van der Waals surface area (Å²) >= 11 is 0. The van der Waals surface area contributed by atoms with E-state index in [9.17, 15) is 4.79 Å². The first kappa shape index (κ1) is 9.98. The van der Waals surface area contributed by atoms with Crippen molar-refractivity contribution in [3.8, 4) is 5.75 Å². The molecule has 2 atom stereocenters. The predicted molar refractivity (Wildman–Crippen MR) is 54.9 cm³/mol. The lowest BCUT2D eigenvalue weighted by Crippen LogP contribution is -2.30. The fourth-order valence-corrected chi connectivity index (χ4v) is 1.67. The van der Waals surface area contributed by atoms with E-state index in [1.165, 1.54) is 0 Å². The number of rotatable bonds is 3. The maximum absolute atomic E-state index is 10.7. The van der Waals surface area contributed by atoms with Crippen LogP contribution in [0.2, 0.25) is 0 Å². The molecule has 4 nitrogen and oxygen atoms in total. The van der Waals surface area contributed by atoms with Crippen molar-refractivity contribution in [2.24, 2.45) is 0 Å². The lowest BCUT2D eigenvalue weighted by atomic mass is 10.2. The van der Waals surface area contributed by atoms with E-state index in [2.05, 4.69) is 5.32 Å². The minimum Gasteiger partial charge on any atom is -0.489 e. The topological polar surface area (TPSA) is 58.6 Å². The van der Waals surface area contributed by atoms with Crippen molar-refractivity contribution >= 4 is 5.97 Å². The molecular formula is C11H13NO3. The van der Waals surface area contributed by atoms with Crippen LogP contribution in [0.3, 0.4) is 0 Å². The third-order valence-corrected chi connectivity index (χ3v) is 2.43. The van der Waals surface area contributed by atoms with Crippen LogP contribution in [0.4, 0.5) is 0 Å². The molecule has 1 aliphatic heterocycles. The van der Waals surface area contributed by atoms with Crippen LogP contribution < -0.4 is 10.1 Å². The molecule has 1 saturated heterocycles. The Morgan fingerprint density at radius 1 is 1.40 bits per heavy atom. The Balaban J connectivity index is 1.90. The monoisotopic (exact) mass is 207 g/mol. The van der Waals surface area contributed by atoms with Gasteiger partial charge in [0.2, 0.25) is 0 Å². The molecule has 0 radical (unpaired) electrons. The second-order valence-electron chi connectivity index (χ2n) is 3.59. The van der Waals surface area contributed by atoms with E-state index in [-0.39, 0.29) is 6.10 Å². The van der Waals surface area contributed by atoms with E-state index < -0.39 is 12.0 Å². The van der Waals surface area contributed by atoms with E-state index >= 15 is 0 Å².